The van der Waals surface area contributed by atoms with Crippen molar-refractivity contribution in [2.24, 2.45) is 0 Å². The number of aromatic nitrogens is 2. The maximum Gasteiger partial charge on any atom is 0.265 e. The molecule has 9 heteroatoms. The van der Waals surface area contributed by atoms with Gasteiger partial charge in [-0.05, 0) is 48.8 Å². The molecular weight excluding hydrogens is 380 g/mol. The predicted octanol–water partition coefficient (Wildman–Crippen LogP) is 4.01. The van der Waals surface area contributed by atoms with Gasteiger partial charge in [0.05, 0.1) is 17.4 Å². The van der Waals surface area contributed by atoms with E-state index in [-0.39, 0.29) is 10.8 Å². The molecule has 1 aliphatic rings. The van der Waals surface area contributed by atoms with Gasteiger partial charge in [0.1, 0.15) is 16.5 Å². The number of benzene rings is 1. The predicted molar refractivity (Wildman–Crippen MR) is 96.1 cm³/mol. The van der Waals surface area contributed by atoms with Gasteiger partial charge in [-0.3, -0.25) is 4.72 Å². The summed E-state index contributed by atoms with van der Waals surface area (Å²) in [7, 11) is -4.12. The fourth-order valence-corrected chi connectivity index (χ4v) is 4.41. The van der Waals surface area contributed by atoms with Crippen molar-refractivity contribution in [3.63, 3.8) is 0 Å². The number of sulfonamides is 1. The molecule has 0 radical (unpaired) electrons. The Hall–Kier alpha value is -2.13. The third-order valence-corrected chi connectivity index (χ3v) is 6.42. The first-order valence-corrected chi connectivity index (χ1v) is 10.6. The highest BCUT2D eigenvalue weighted by Gasteiger charge is 2.29. The van der Waals surface area contributed by atoms with Gasteiger partial charge >= 0.3 is 0 Å². The third-order valence-electron chi connectivity index (χ3n) is 4.33. The van der Waals surface area contributed by atoms with E-state index in [9.17, 15) is 17.2 Å². The SMILES string of the molecule is CSc1ccc2c(S(=O)(=O)Nc3cc(F)c(C4CC4)cc3F)cnn2c1. The van der Waals surface area contributed by atoms with Crippen molar-refractivity contribution in [3.8, 4) is 0 Å². The first-order valence-electron chi connectivity index (χ1n) is 7.92. The van der Waals surface area contributed by atoms with Gasteiger partial charge in [0.2, 0.25) is 0 Å². The van der Waals surface area contributed by atoms with Gasteiger partial charge in [-0.15, -0.1) is 11.8 Å². The lowest BCUT2D eigenvalue weighted by Gasteiger charge is -2.10. The smallest absolute Gasteiger partial charge is 0.265 e. The Balaban J connectivity index is 1.71. The Morgan fingerprint density at radius 2 is 2.00 bits per heavy atom. The molecule has 1 aliphatic carbocycles. The van der Waals surface area contributed by atoms with E-state index in [4.69, 9.17) is 0 Å². The minimum atomic E-state index is -4.12. The van der Waals surface area contributed by atoms with E-state index in [0.29, 0.717) is 11.1 Å². The van der Waals surface area contributed by atoms with E-state index in [0.717, 1.165) is 29.9 Å². The minimum absolute atomic E-state index is 0.0282. The number of thioether (sulfide) groups is 1. The van der Waals surface area contributed by atoms with E-state index < -0.39 is 27.3 Å². The number of rotatable bonds is 5. The Kier molecular flexibility index (Phi) is 4.15. The van der Waals surface area contributed by atoms with Gasteiger partial charge in [0.25, 0.3) is 10.0 Å². The monoisotopic (exact) mass is 395 g/mol. The Morgan fingerprint density at radius 3 is 2.69 bits per heavy atom. The summed E-state index contributed by atoms with van der Waals surface area (Å²) in [4.78, 5) is 0.817. The molecule has 1 fully saturated rings. The second-order valence-corrected chi connectivity index (χ2v) is 8.67. The van der Waals surface area contributed by atoms with Crippen LogP contribution in [0.5, 0.6) is 0 Å². The van der Waals surface area contributed by atoms with Crippen LogP contribution in [0, 0.1) is 11.6 Å². The van der Waals surface area contributed by atoms with Crippen molar-refractivity contribution >= 4 is 33.0 Å². The van der Waals surface area contributed by atoms with Crippen molar-refractivity contribution in [3.05, 3.63) is 53.9 Å². The van der Waals surface area contributed by atoms with Gasteiger partial charge in [0, 0.05) is 17.2 Å². The number of fused-ring (bicyclic) bond motifs is 1. The normalized spacial score (nSPS) is 14.7. The number of nitrogens with zero attached hydrogens (tertiary/aromatic N) is 2. The fraction of sp³-hybridized carbons (Fsp3) is 0.235. The zero-order valence-corrected chi connectivity index (χ0v) is 15.4. The maximum atomic E-state index is 14.3. The molecule has 2 aromatic heterocycles. The van der Waals surface area contributed by atoms with E-state index in [1.165, 1.54) is 22.5 Å². The van der Waals surface area contributed by atoms with Crippen molar-refractivity contribution in [2.45, 2.75) is 28.6 Å². The van der Waals surface area contributed by atoms with E-state index >= 15 is 0 Å². The molecule has 0 saturated heterocycles. The van der Waals surface area contributed by atoms with Crippen LogP contribution in [0.25, 0.3) is 5.52 Å². The van der Waals surface area contributed by atoms with Gasteiger partial charge in [-0.25, -0.2) is 21.7 Å². The summed E-state index contributed by atoms with van der Waals surface area (Å²) in [6, 6.07) is 5.37. The zero-order chi connectivity index (χ0) is 18.5. The highest BCUT2D eigenvalue weighted by molar-refractivity contribution is 7.98. The molecule has 136 valence electrons. The van der Waals surface area contributed by atoms with Gasteiger partial charge in [-0.2, -0.15) is 5.10 Å². The minimum Gasteiger partial charge on any atom is -0.276 e. The maximum absolute atomic E-state index is 14.3. The Morgan fingerprint density at radius 1 is 1.23 bits per heavy atom. The Bertz CT molecular complexity index is 1110. The number of nitrogens with one attached hydrogen (secondary N) is 1. The lowest BCUT2D eigenvalue weighted by Crippen LogP contribution is -2.14. The molecule has 0 bridgehead atoms. The molecule has 1 N–H and O–H groups in total. The Labute approximate surface area is 153 Å². The van der Waals surface area contributed by atoms with Gasteiger partial charge < -0.3 is 0 Å². The van der Waals surface area contributed by atoms with Crippen LogP contribution in [0.2, 0.25) is 0 Å². The first kappa shape index (κ1) is 17.3. The summed E-state index contributed by atoms with van der Waals surface area (Å²) in [5.41, 5.74) is 0.240. The van der Waals surface area contributed by atoms with Crippen molar-refractivity contribution in [1.29, 1.82) is 0 Å². The van der Waals surface area contributed by atoms with Crippen molar-refractivity contribution < 1.29 is 17.2 Å². The largest absolute Gasteiger partial charge is 0.276 e. The molecule has 5 nitrogen and oxygen atoms in total. The van der Waals surface area contributed by atoms with Crippen LogP contribution in [0.1, 0.15) is 24.3 Å². The van der Waals surface area contributed by atoms with E-state index in [1.807, 2.05) is 6.26 Å². The topological polar surface area (TPSA) is 63.5 Å². The molecular formula is C17H15F2N3O2S2. The second kappa shape index (κ2) is 6.24. The molecule has 0 atom stereocenters. The van der Waals surface area contributed by atoms with Crippen LogP contribution in [0.15, 0.2) is 46.5 Å². The molecule has 0 unspecified atom stereocenters. The van der Waals surface area contributed by atoms with Gasteiger partial charge in [-0.1, -0.05) is 0 Å². The number of hydrogen-bond acceptors (Lipinski definition) is 4. The lowest BCUT2D eigenvalue weighted by molar-refractivity contribution is 0.586. The average Bonchev–Trinajstić information content (AvgIpc) is 3.35. The number of hydrogen-bond donors (Lipinski definition) is 1. The molecule has 1 saturated carbocycles. The van der Waals surface area contributed by atoms with Crippen LogP contribution in [-0.2, 0) is 10.0 Å². The molecule has 3 aromatic rings. The summed E-state index contributed by atoms with van der Waals surface area (Å²) in [5, 5.41) is 4.04. The molecule has 0 aliphatic heterocycles. The first-order chi connectivity index (χ1) is 12.4. The molecule has 0 amide bonds. The highest BCUT2D eigenvalue weighted by Crippen LogP contribution is 2.42. The summed E-state index contributed by atoms with van der Waals surface area (Å²) in [5.74, 6) is -1.37. The highest BCUT2D eigenvalue weighted by atomic mass is 32.2. The fourth-order valence-electron chi connectivity index (χ4n) is 2.82. The van der Waals surface area contributed by atoms with Crippen LogP contribution >= 0.6 is 11.8 Å². The van der Waals surface area contributed by atoms with E-state index in [1.54, 1.807) is 18.3 Å². The second-order valence-electron chi connectivity index (χ2n) is 6.14. The third kappa shape index (κ3) is 3.05. The van der Waals surface area contributed by atoms with E-state index in [2.05, 4.69) is 9.82 Å². The van der Waals surface area contributed by atoms with Crippen molar-refractivity contribution in [1.82, 2.24) is 9.61 Å². The summed E-state index contributed by atoms with van der Waals surface area (Å²) in [6.07, 6.45) is 6.43. The molecule has 26 heavy (non-hydrogen) atoms. The molecule has 4 rings (SSSR count). The number of halogens is 2. The van der Waals surface area contributed by atoms with Gasteiger partial charge in [0.15, 0.2) is 0 Å². The van der Waals surface area contributed by atoms with Crippen LogP contribution in [0.4, 0.5) is 14.5 Å². The van der Waals surface area contributed by atoms with Crippen LogP contribution in [-0.4, -0.2) is 24.3 Å². The molecule has 0 spiro atoms. The standard InChI is InChI=1S/C17H15F2N3O2S2/c1-25-11-4-5-16-17(8-20-22(16)9-11)26(23,24)21-15-7-13(18)12(6-14(15)19)10-2-3-10/h4-10,21H,2-3H2,1H3. The lowest BCUT2D eigenvalue weighted by atomic mass is 10.1. The molecule has 1 aromatic carbocycles. The van der Waals surface area contributed by atoms with Crippen molar-refractivity contribution in [2.75, 3.05) is 11.0 Å². The summed E-state index contributed by atoms with van der Waals surface area (Å²) < 4.78 is 57.3. The summed E-state index contributed by atoms with van der Waals surface area (Å²) >= 11 is 1.50. The number of anilines is 1. The van der Waals surface area contributed by atoms with Crippen LogP contribution < -0.4 is 4.72 Å². The number of pyridine rings is 1. The average molecular weight is 395 g/mol. The summed E-state index contributed by atoms with van der Waals surface area (Å²) in [6.45, 7) is 0. The molecule has 2 heterocycles. The van der Waals surface area contributed by atoms with Crippen LogP contribution in [0.3, 0.4) is 0 Å². The zero-order valence-electron chi connectivity index (χ0n) is 13.7. The quantitative estimate of drug-likeness (QED) is 0.663.